The molecule has 0 atom stereocenters. The van der Waals surface area contributed by atoms with Crippen molar-refractivity contribution < 1.29 is 18.0 Å². The van der Waals surface area contributed by atoms with E-state index in [1.54, 1.807) is 4.68 Å². The smallest absolute Gasteiger partial charge is 0.279 e. The normalized spacial score (nSPS) is 15.1. The third-order valence-corrected chi connectivity index (χ3v) is 3.12. The van der Waals surface area contributed by atoms with Crippen molar-refractivity contribution >= 4 is 11.9 Å². The van der Waals surface area contributed by atoms with Gasteiger partial charge in [-0.1, -0.05) is 0 Å². The van der Waals surface area contributed by atoms with E-state index in [2.05, 4.69) is 15.2 Å². The van der Waals surface area contributed by atoms with Crippen LogP contribution in [0.1, 0.15) is 12.1 Å². The van der Waals surface area contributed by atoms with E-state index < -0.39 is 11.9 Å². The molecular formula is C11H11F3N6O. The Morgan fingerprint density at radius 1 is 1.33 bits per heavy atom. The fourth-order valence-corrected chi connectivity index (χ4v) is 2.16. The molecule has 0 saturated heterocycles. The van der Waals surface area contributed by atoms with Crippen LogP contribution in [0.5, 0.6) is 0 Å². The molecule has 1 aliphatic heterocycles. The maximum Gasteiger partial charge on any atom is 0.435 e. The zero-order chi connectivity index (χ0) is 15.0. The SMILES string of the molecule is O=C(Cn1ccc(C(F)(F)F)n1)N1CCCn2ncnc21. The molecule has 10 heteroatoms. The highest BCUT2D eigenvalue weighted by molar-refractivity contribution is 5.91. The number of halogens is 3. The minimum atomic E-state index is -4.51. The van der Waals surface area contributed by atoms with Gasteiger partial charge in [0.1, 0.15) is 12.9 Å². The number of hydrogen-bond donors (Lipinski definition) is 0. The summed E-state index contributed by atoms with van der Waals surface area (Å²) in [5.74, 6) is 0.0372. The lowest BCUT2D eigenvalue weighted by Gasteiger charge is -2.25. The average molecular weight is 300 g/mol. The van der Waals surface area contributed by atoms with Crippen molar-refractivity contribution in [3.63, 3.8) is 0 Å². The minimum absolute atomic E-state index is 0.275. The molecular weight excluding hydrogens is 289 g/mol. The number of rotatable bonds is 2. The van der Waals surface area contributed by atoms with E-state index in [0.29, 0.717) is 19.0 Å². The predicted octanol–water partition coefficient (Wildman–Crippen LogP) is 0.930. The van der Waals surface area contributed by atoms with E-state index in [0.717, 1.165) is 23.4 Å². The molecule has 3 rings (SSSR count). The first-order chi connectivity index (χ1) is 9.95. The van der Waals surface area contributed by atoms with Gasteiger partial charge in [-0.25, -0.2) is 4.68 Å². The van der Waals surface area contributed by atoms with Crippen molar-refractivity contribution in [1.29, 1.82) is 0 Å². The molecule has 3 heterocycles. The van der Waals surface area contributed by atoms with Crippen LogP contribution < -0.4 is 4.90 Å². The fourth-order valence-electron chi connectivity index (χ4n) is 2.16. The van der Waals surface area contributed by atoms with Gasteiger partial charge in [-0.2, -0.15) is 28.4 Å². The van der Waals surface area contributed by atoms with Crippen molar-refractivity contribution in [3.8, 4) is 0 Å². The molecule has 0 aliphatic carbocycles. The zero-order valence-electron chi connectivity index (χ0n) is 10.8. The van der Waals surface area contributed by atoms with Crippen LogP contribution in [0.3, 0.4) is 0 Å². The molecule has 0 aromatic carbocycles. The Labute approximate surface area is 117 Å². The van der Waals surface area contributed by atoms with Gasteiger partial charge in [-0.3, -0.25) is 14.4 Å². The quantitative estimate of drug-likeness (QED) is 0.827. The maximum absolute atomic E-state index is 12.5. The monoisotopic (exact) mass is 300 g/mol. The molecule has 2 aromatic heterocycles. The summed E-state index contributed by atoms with van der Waals surface area (Å²) in [6.45, 7) is 0.854. The Bertz CT molecular complexity index is 661. The number of amides is 1. The van der Waals surface area contributed by atoms with Crippen molar-refractivity contribution in [2.45, 2.75) is 25.7 Å². The Kier molecular flexibility index (Phi) is 3.15. The van der Waals surface area contributed by atoms with Crippen LogP contribution in [0.15, 0.2) is 18.6 Å². The number of hydrogen-bond acceptors (Lipinski definition) is 4. The van der Waals surface area contributed by atoms with Gasteiger partial charge >= 0.3 is 6.18 Å². The van der Waals surface area contributed by atoms with Gasteiger partial charge in [0.05, 0.1) is 0 Å². The first-order valence-corrected chi connectivity index (χ1v) is 6.24. The van der Waals surface area contributed by atoms with Crippen molar-refractivity contribution in [2.75, 3.05) is 11.4 Å². The first-order valence-electron chi connectivity index (χ1n) is 6.24. The molecule has 21 heavy (non-hydrogen) atoms. The number of aryl methyl sites for hydroxylation is 1. The van der Waals surface area contributed by atoms with Crippen LogP contribution in [0.4, 0.5) is 19.1 Å². The molecule has 0 fully saturated rings. The van der Waals surface area contributed by atoms with Crippen LogP contribution in [0.25, 0.3) is 0 Å². The van der Waals surface area contributed by atoms with E-state index in [4.69, 9.17) is 0 Å². The number of carbonyl (C=O) groups excluding carboxylic acids is 1. The van der Waals surface area contributed by atoms with Gasteiger partial charge in [0.2, 0.25) is 5.95 Å². The number of carbonyl (C=O) groups is 1. The predicted molar refractivity (Wildman–Crippen MR) is 64.2 cm³/mol. The van der Waals surface area contributed by atoms with Crippen molar-refractivity contribution in [2.24, 2.45) is 0 Å². The summed E-state index contributed by atoms with van der Waals surface area (Å²) in [7, 11) is 0. The van der Waals surface area contributed by atoms with Crippen LogP contribution >= 0.6 is 0 Å². The van der Waals surface area contributed by atoms with E-state index >= 15 is 0 Å². The maximum atomic E-state index is 12.5. The van der Waals surface area contributed by atoms with E-state index in [1.165, 1.54) is 11.2 Å². The highest BCUT2D eigenvalue weighted by atomic mass is 19.4. The second kappa shape index (κ2) is 4.86. The van der Waals surface area contributed by atoms with Crippen LogP contribution in [-0.2, 0) is 24.1 Å². The van der Waals surface area contributed by atoms with Crippen LogP contribution in [0, 0.1) is 0 Å². The second-order valence-corrected chi connectivity index (χ2v) is 4.58. The van der Waals surface area contributed by atoms with Gasteiger partial charge in [0.25, 0.3) is 5.91 Å². The molecule has 0 bridgehead atoms. The third-order valence-electron chi connectivity index (χ3n) is 3.12. The van der Waals surface area contributed by atoms with Gasteiger partial charge in [-0.15, -0.1) is 0 Å². The largest absolute Gasteiger partial charge is 0.435 e. The molecule has 112 valence electrons. The summed E-state index contributed by atoms with van der Waals surface area (Å²) in [5.41, 5.74) is -1.02. The molecule has 0 spiro atoms. The number of anilines is 1. The Hall–Kier alpha value is -2.39. The summed E-state index contributed by atoms with van der Waals surface area (Å²) >= 11 is 0. The molecule has 0 radical (unpaired) electrons. The lowest BCUT2D eigenvalue weighted by Crippen LogP contribution is -2.40. The highest BCUT2D eigenvalue weighted by Gasteiger charge is 2.34. The van der Waals surface area contributed by atoms with E-state index in [-0.39, 0.29) is 12.5 Å². The number of aromatic nitrogens is 5. The van der Waals surface area contributed by atoms with Crippen molar-refractivity contribution in [3.05, 3.63) is 24.3 Å². The zero-order valence-corrected chi connectivity index (χ0v) is 10.8. The number of alkyl halides is 3. The van der Waals surface area contributed by atoms with E-state index in [1.807, 2.05) is 0 Å². The number of nitrogens with zero attached hydrogens (tertiary/aromatic N) is 6. The average Bonchev–Trinajstić information content (AvgIpc) is 3.05. The highest BCUT2D eigenvalue weighted by Crippen LogP contribution is 2.27. The molecule has 1 aliphatic rings. The standard InChI is InChI=1S/C11H11F3N6O/c12-11(13,14)8-2-5-18(17-8)6-9(21)19-3-1-4-20-10(19)15-7-16-20/h2,5,7H,1,3-4,6H2. The first kappa shape index (κ1) is 13.6. The molecule has 7 nitrogen and oxygen atoms in total. The Balaban J connectivity index is 1.75. The molecule has 1 amide bonds. The third kappa shape index (κ3) is 2.60. The molecule has 0 unspecified atom stereocenters. The van der Waals surface area contributed by atoms with Gasteiger partial charge in [-0.05, 0) is 12.5 Å². The van der Waals surface area contributed by atoms with Crippen LogP contribution in [-0.4, -0.2) is 37.0 Å². The van der Waals surface area contributed by atoms with Crippen LogP contribution in [0.2, 0.25) is 0 Å². The number of fused-ring (bicyclic) bond motifs is 1. The summed E-state index contributed by atoms with van der Waals surface area (Å²) in [6.07, 6.45) is -1.32. The fraction of sp³-hybridized carbons (Fsp3) is 0.455. The summed E-state index contributed by atoms with van der Waals surface area (Å²) < 4.78 is 39.9. The van der Waals surface area contributed by atoms with Gasteiger partial charge in [0.15, 0.2) is 5.69 Å². The van der Waals surface area contributed by atoms with Gasteiger partial charge < -0.3 is 0 Å². The second-order valence-electron chi connectivity index (χ2n) is 4.58. The summed E-state index contributed by atoms with van der Waals surface area (Å²) in [4.78, 5) is 17.6. The lowest BCUT2D eigenvalue weighted by atomic mass is 10.3. The molecule has 2 aromatic rings. The summed E-state index contributed by atoms with van der Waals surface area (Å²) in [6, 6.07) is 0.839. The Morgan fingerprint density at radius 2 is 2.14 bits per heavy atom. The topological polar surface area (TPSA) is 68.8 Å². The Morgan fingerprint density at radius 3 is 2.86 bits per heavy atom. The molecule has 0 N–H and O–H groups in total. The minimum Gasteiger partial charge on any atom is -0.279 e. The summed E-state index contributed by atoms with van der Waals surface area (Å²) in [5, 5.41) is 7.33. The molecule has 0 saturated carbocycles. The lowest BCUT2D eigenvalue weighted by molar-refractivity contribution is -0.141. The van der Waals surface area contributed by atoms with E-state index in [9.17, 15) is 18.0 Å². The van der Waals surface area contributed by atoms with Gasteiger partial charge in [0, 0.05) is 19.3 Å². The van der Waals surface area contributed by atoms with Crippen molar-refractivity contribution in [1.82, 2.24) is 24.5 Å².